The molecule has 0 fully saturated rings. The van der Waals surface area contributed by atoms with Crippen LogP contribution in [0.1, 0.15) is 29.9 Å². The van der Waals surface area contributed by atoms with Crippen LogP contribution < -0.4 is 14.8 Å². The molecule has 1 amide bonds. The van der Waals surface area contributed by atoms with E-state index in [4.69, 9.17) is 9.47 Å². The summed E-state index contributed by atoms with van der Waals surface area (Å²) in [5.74, 6) is 1.56. The molecule has 0 aliphatic carbocycles. The fourth-order valence-electron chi connectivity index (χ4n) is 3.00. The average molecular weight is 379 g/mol. The molecule has 1 aromatic heterocycles. The van der Waals surface area contributed by atoms with Gasteiger partial charge >= 0.3 is 0 Å². The van der Waals surface area contributed by atoms with Gasteiger partial charge in [-0.1, -0.05) is 32.0 Å². The summed E-state index contributed by atoms with van der Waals surface area (Å²) in [4.78, 5) is 12.9. The number of hydrogen-bond acceptors (Lipinski definition) is 4. The number of carbonyl (C=O) groups excluding carboxylic acids is 1. The van der Waals surface area contributed by atoms with E-state index in [0.29, 0.717) is 28.6 Å². The zero-order valence-electron chi connectivity index (χ0n) is 16.6. The van der Waals surface area contributed by atoms with Crippen molar-refractivity contribution in [2.45, 2.75) is 20.3 Å². The Morgan fingerprint density at radius 3 is 2.43 bits per heavy atom. The third-order valence-electron chi connectivity index (χ3n) is 4.37. The van der Waals surface area contributed by atoms with E-state index in [9.17, 15) is 4.79 Å². The van der Waals surface area contributed by atoms with Crippen LogP contribution in [0.5, 0.6) is 11.5 Å². The number of amides is 1. The number of aromatic nitrogens is 2. The van der Waals surface area contributed by atoms with Gasteiger partial charge in [-0.2, -0.15) is 5.10 Å². The van der Waals surface area contributed by atoms with Crippen molar-refractivity contribution in [3.63, 3.8) is 0 Å². The molecule has 0 aliphatic rings. The van der Waals surface area contributed by atoms with Crippen LogP contribution in [0.2, 0.25) is 0 Å². The van der Waals surface area contributed by atoms with Gasteiger partial charge in [0, 0.05) is 11.1 Å². The van der Waals surface area contributed by atoms with Crippen molar-refractivity contribution in [2.75, 3.05) is 19.5 Å². The number of aromatic amines is 1. The first-order valence-electron chi connectivity index (χ1n) is 9.19. The lowest BCUT2D eigenvalue weighted by Gasteiger charge is -2.11. The number of H-pyrrole nitrogens is 1. The normalized spacial score (nSPS) is 10.8. The van der Waals surface area contributed by atoms with Crippen LogP contribution in [0.4, 0.5) is 5.69 Å². The molecule has 28 heavy (non-hydrogen) atoms. The van der Waals surface area contributed by atoms with E-state index in [1.807, 2.05) is 24.3 Å². The van der Waals surface area contributed by atoms with Crippen molar-refractivity contribution < 1.29 is 14.3 Å². The molecule has 6 heteroatoms. The quantitative estimate of drug-likeness (QED) is 0.632. The maximum atomic E-state index is 12.9. The van der Waals surface area contributed by atoms with Gasteiger partial charge in [0.2, 0.25) is 0 Å². The number of benzene rings is 2. The van der Waals surface area contributed by atoms with Crippen molar-refractivity contribution in [3.05, 3.63) is 59.8 Å². The first-order chi connectivity index (χ1) is 13.5. The molecule has 0 saturated carbocycles. The van der Waals surface area contributed by atoms with E-state index in [-0.39, 0.29) is 5.91 Å². The number of methoxy groups -OCH3 is 2. The van der Waals surface area contributed by atoms with Crippen LogP contribution in [-0.2, 0) is 6.42 Å². The lowest BCUT2D eigenvalue weighted by atomic mass is 10.0. The number of hydrogen-bond donors (Lipinski definition) is 2. The summed E-state index contributed by atoms with van der Waals surface area (Å²) in [6.45, 7) is 4.25. The van der Waals surface area contributed by atoms with Gasteiger partial charge < -0.3 is 14.8 Å². The number of carbonyl (C=O) groups is 1. The molecule has 146 valence electrons. The van der Waals surface area contributed by atoms with Gasteiger partial charge in [-0.05, 0) is 42.7 Å². The Morgan fingerprint density at radius 2 is 1.75 bits per heavy atom. The minimum atomic E-state index is -0.213. The zero-order valence-corrected chi connectivity index (χ0v) is 16.6. The van der Waals surface area contributed by atoms with Crippen molar-refractivity contribution >= 4 is 11.6 Å². The first kappa shape index (κ1) is 19.5. The largest absolute Gasteiger partial charge is 0.497 e. The summed E-state index contributed by atoms with van der Waals surface area (Å²) in [6, 6.07) is 14.7. The second-order valence-corrected chi connectivity index (χ2v) is 6.94. The Balaban J connectivity index is 1.99. The van der Waals surface area contributed by atoms with Crippen LogP contribution in [0, 0.1) is 5.92 Å². The van der Waals surface area contributed by atoms with E-state index in [1.165, 1.54) is 0 Å². The third-order valence-corrected chi connectivity index (χ3v) is 4.37. The Bertz CT molecular complexity index is 963. The van der Waals surface area contributed by atoms with Gasteiger partial charge in [-0.15, -0.1) is 0 Å². The number of rotatable bonds is 7. The van der Waals surface area contributed by atoms with Crippen LogP contribution >= 0.6 is 0 Å². The van der Waals surface area contributed by atoms with Crippen molar-refractivity contribution in [1.29, 1.82) is 0 Å². The summed E-state index contributed by atoms with van der Waals surface area (Å²) >= 11 is 0. The molecule has 0 aliphatic heterocycles. The third kappa shape index (κ3) is 4.34. The van der Waals surface area contributed by atoms with E-state index >= 15 is 0 Å². The minimum absolute atomic E-state index is 0.213. The van der Waals surface area contributed by atoms with Gasteiger partial charge in [0.15, 0.2) is 0 Å². The highest BCUT2D eigenvalue weighted by Crippen LogP contribution is 2.32. The van der Waals surface area contributed by atoms with Crippen LogP contribution in [0.25, 0.3) is 11.3 Å². The topological polar surface area (TPSA) is 76.2 Å². The predicted molar refractivity (Wildman–Crippen MR) is 110 cm³/mol. The first-order valence-corrected chi connectivity index (χ1v) is 9.19. The summed E-state index contributed by atoms with van der Waals surface area (Å²) < 4.78 is 10.5. The van der Waals surface area contributed by atoms with Crippen molar-refractivity contribution in [3.8, 4) is 22.8 Å². The lowest BCUT2D eigenvalue weighted by Crippen LogP contribution is -2.14. The second-order valence-electron chi connectivity index (χ2n) is 6.94. The monoisotopic (exact) mass is 379 g/mol. The highest BCUT2D eigenvalue weighted by Gasteiger charge is 2.19. The summed E-state index contributed by atoms with van der Waals surface area (Å²) in [6.07, 6.45) is 0.769. The van der Waals surface area contributed by atoms with Gasteiger partial charge in [-0.3, -0.25) is 9.89 Å². The summed E-state index contributed by atoms with van der Waals surface area (Å²) in [7, 11) is 3.20. The smallest absolute Gasteiger partial charge is 0.255 e. The van der Waals surface area contributed by atoms with Crippen LogP contribution in [-0.4, -0.2) is 30.3 Å². The molecule has 3 aromatic rings. The fraction of sp³-hybridized carbons (Fsp3) is 0.273. The van der Waals surface area contributed by atoms with E-state index in [2.05, 4.69) is 29.4 Å². The maximum Gasteiger partial charge on any atom is 0.255 e. The highest BCUT2D eigenvalue weighted by molar-refractivity contribution is 6.06. The molecule has 6 nitrogen and oxygen atoms in total. The summed E-state index contributed by atoms with van der Waals surface area (Å²) in [5, 5.41) is 10.6. The molecular formula is C22H25N3O3. The number of nitrogens with zero attached hydrogens (tertiary/aromatic N) is 1. The Morgan fingerprint density at radius 1 is 1.07 bits per heavy atom. The van der Waals surface area contributed by atoms with Gasteiger partial charge in [-0.25, -0.2) is 0 Å². The standard InChI is InChI=1S/C22H25N3O3/c1-14(2)11-19-21(23-22(26)16-8-6-10-18(13-16)28-4)20(25-24-19)15-7-5-9-17(12-15)27-3/h5-10,12-14H,11H2,1-4H3,(H,23,26)(H,24,25). The molecule has 2 N–H and O–H groups in total. The van der Waals surface area contributed by atoms with E-state index in [0.717, 1.165) is 23.4 Å². The molecule has 0 radical (unpaired) electrons. The molecule has 1 heterocycles. The number of nitrogens with one attached hydrogen (secondary N) is 2. The molecule has 3 rings (SSSR count). The highest BCUT2D eigenvalue weighted by atomic mass is 16.5. The molecule has 0 saturated heterocycles. The van der Waals surface area contributed by atoms with E-state index < -0.39 is 0 Å². The van der Waals surface area contributed by atoms with Gasteiger partial charge in [0.25, 0.3) is 5.91 Å². The number of anilines is 1. The van der Waals surface area contributed by atoms with Gasteiger partial charge in [0.05, 0.1) is 25.6 Å². The lowest BCUT2D eigenvalue weighted by molar-refractivity contribution is 0.102. The summed E-state index contributed by atoms with van der Waals surface area (Å²) in [5.41, 5.74) is 3.66. The van der Waals surface area contributed by atoms with Crippen LogP contribution in [0.3, 0.4) is 0 Å². The molecular weight excluding hydrogens is 354 g/mol. The molecule has 0 bridgehead atoms. The van der Waals surface area contributed by atoms with E-state index in [1.54, 1.807) is 38.5 Å². The Labute approximate surface area is 164 Å². The zero-order chi connectivity index (χ0) is 20.1. The van der Waals surface area contributed by atoms with Crippen molar-refractivity contribution in [1.82, 2.24) is 10.2 Å². The molecule has 0 spiro atoms. The maximum absolute atomic E-state index is 12.9. The fourth-order valence-corrected chi connectivity index (χ4v) is 3.00. The van der Waals surface area contributed by atoms with Gasteiger partial charge in [0.1, 0.15) is 17.2 Å². The average Bonchev–Trinajstić information content (AvgIpc) is 3.09. The Hall–Kier alpha value is -3.28. The van der Waals surface area contributed by atoms with Crippen LogP contribution in [0.15, 0.2) is 48.5 Å². The SMILES string of the molecule is COc1cccc(C(=O)Nc2c(-c3cccc(OC)c3)n[nH]c2CC(C)C)c1. The Kier molecular flexibility index (Phi) is 5.99. The molecule has 0 unspecified atom stereocenters. The number of ether oxygens (including phenoxy) is 2. The second kappa shape index (κ2) is 8.61. The molecule has 2 aromatic carbocycles. The molecule has 0 atom stereocenters. The van der Waals surface area contributed by atoms with Crippen molar-refractivity contribution in [2.24, 2.45) is 5.92 Å². The predicted octanol–water partition coefficient (Wildman–Crippen LogP) is 4.54. The minimum Gasteiger partial charge on any atom is -0.497 e.